The molecule has 3 rings (SSSR count). The molecule has 0 spiro atoms. The van der Waals surface area contributed by atoms with Crippen molar-refractivity contribution in [3.63, 3.8) is 0 Å². The van der Waals surface area contributed by atoms with Crippen LogP contribution in [0.1, 0.15) is 18.0 Å². The summed E-state index contributed by atoms with van der Waals surface area (Å²) < 4.78 is 30.2. The molecule has 2 heterocycles. The molecule has 0 unspecified atom stereocenters. The molecule has 3 N–H and O–H groups in total. The van der Waals surface area contributed by atoms with Crippen LogP contribution in [-0.4, -0.2) is 16.0 Å². The first-order chi connectivity index (χ1) is 10.6. The van der Waals surface area contributed by atoms with Crippen LogP contribution in [-0.2, 0) is 6.54 Å². The van der Waals surface area contributed by atoms with Crippen LogP contribution in [0.15, 0.2) is 41.0 Å². The maximum Gasteiger partial charge on any atom is 0.319 e. The van der Waals surface area contributed by atoms with Crippen molar-refractivity contribution in [3.05, 3.63) is 48.2 Å². The second kappa shape index (κ2) is 5.84. The van der Waals surface area contributed by atoms with Crippen molar-refractivity contribution >= 4 is 22.8 Å². The first-order valence-corrected chi connectivity index (χ1v) is 6.47. The van der Waals surface area contributed by atoms with Gasteiger partial charge >= 0.3 is 6.03 Å². The predicted molar refractivity (Wildman–Crippen MR) is 75.6 cm³/mol. The quantitative estimate of drug-likeness (QED) is 0.690. The molecule has 0 atom stereocenters. The monoisotopic (exact) mass is 306 g/mol. The van der Waals surface area contributed by atoms with Crippen molar-refractivity contribution in [2.75, 3.05) is 5.32 Å². The van der Waals surface area contributed by atoms with Crippen LogP contribution in [0.2, 0.25) is 0 Å². The molecule has 0 aliphatic heterocycles. The van der Waals surface area contributed by atoms with E-state index < -0.39 is 18.3 Å². The number of carbonyl (C=O) groups excluding carboxylic acids is 1. The number of H-pyrrole nitrogens is 1. The van der Waals surface area contributed by atoms with Crippen LogP contribution in [0.4, 0.5) is 19.3 Å². The van der Waals surface area contributed by atoms with Gasteiger partial charge in [-0.05, 0) is 30.3 Å². The first-order valence-electron chi connectivity index (χ1n) is 6.47. The lowest BCUT2D eigenvalue weighted by atomic mass is 10.3. The van der Waals surface area contributed by atoms with Crippen LogP contribution < -0.4 is 10.6 Å². The number of anilines is 1. The van der Waals surface area contributed by atoms with Gasteiger partial charge in [-0.15, -0.1) is 0 Å². The van der Waals surface area contributed by atoms with Crippen LogP contribution in [0, 0.1) is 0 Å². The molecule has 2 aromatic heterocycles. The third-order valence-electron chi connectivity index (χ3n) is 2.97. The second-order valence-corrected chi connectivity index (χ2v) is 4.54. The molecule has 0 aliphatic rings. The van der Waals surface area contributed by atoms with Gasteiger partial charge in [0.2, 0.25) is 0 Å². The molecule has 1 aromatic carbocycles. The number of rotatable bonds is 4. The van der Waals surface area contributed by atoms with Gasteiger partial charge in [0, 0.05) is 5.69 Å². The number of carbonyl (C=O) groups is 1. The third kappa shape index (κ3) is 3.05. The largest absolute Gasteiger partial charge is 0.467 e. The summed E-state index contributed by atoms with van der Waals surface area (Å²) in [4.78, 5) is 18.0. The molecule has 0 bridgehead atoms. The van der Waals surface area contributed by atoms with E-state index in [4.69, 9.17) is 4.42 Å². The average molecular weight is 306 g/mol. The van der Waals surface area contributed by atoms with Gasteiger partial charge in [-0.25, -0.2) is 18.6 Å². The average Bonchev–Trinajstić information content (AvgIpc) is 3.14. The number of furan rings is 1. The summed E-state index contributed by atoms with van der Waals surface area (Å²) in [6.07, 6.45) is -1.15. The summed E-state index contributed by atoms with van der Waals surface area (Å²) >= 11 is 0. The normalized spacial score (nSPS) is 11.0. The molecule has 0 fully saturated rings. The minimum Gasteiger partial charge on any atom is -0.467 e. The highest BCUT2D eigenvalue weighted by Gasteiger charge is 2.13. The first kappa shape index (κ1) is 14.1. The molecule has 3 aromatic rings. The number of alkyl halides is 2. The van der Waals surface area contributed by atoms with E-state index in [2.05, 4.69) is 20.6 Å². The number of hydrogen-bond donors (Lipinski definition) is 3. The highest BCUT2D eigenvalue weighted by Crippen LogP contribution is 2.22. The van der Waals surface area contributed by atoms with Crippen molar-refractivity contribution in [3.8, 4) is 0 Å². The van der Waals surface area contributed by atoms with Gasteiger partial charge in [0.1, 0.15) is 5.76 Å². The Morgan fingerprint density at radius 3 is 2.95 bits per heavy atom. The van der Waals surface area contributed by atoms with E-state index in [1.54, 1.807) is 30.3 Å². The molecule has 8 heteroatoms. The van der Waals surface area contributed by atoms with Crippen molar-refractivity contribution in [2.24, 2.45) is 0 Å². The van der Waals surface area contributed by atoms with Gasteiger partial charge in [0.05, 0.1) is 23.8 Å². The number of fused-ring (bicyclic) bond motifs is 1. The van der Waals surface area contributed by atoms with E-state index in [-0.39, 0.29) is 6.54 Å². The maximum atomic E-state index is 12.6. The summed E-state index contributed by atoms with van der Waals surface area (Å²) in [6.45, 7) is 0.251. The van der Waals surface area contributed by atoms with E-state index in [1.807, 2.05) is 0 Å². The van der Waals surface area contributed by atoms with Gasteiger partial charge in [0.25, 0.3) is 6.43 Å². The van der Waals surface area contributed by atoms with Gasteiger partial charge in [-0.2, -0.15) is 0 Å². The third-order valence-corrected chi connectivity index (χ3v) is 2.97. The van der Waals surface area contributed by atoms with E-state index >= 15 is 0 Å². The molecule has 114 valence electrons. The Bertz CT molecular complexity index is 783. The molecule has 6 nitrogen and oxygen atoms in total. The molecule has 22 heavy (non-hydrogen) atoms. The standard InChI is InChI=1S/C14H12F2N4O2/c15-12(16)13-19-10-4-3-8(6-11(10)20-13)18-14(21)17-7-9-2-1-5-22-9/h1-6,12H,7H2,(H,19,20)(H2,17,18,21). The summed E-state index contributed by atoms with van der Waals surface area (Å²) in [5.74, 6) is 0.232. The molecule has 0 aliphatic carbocycles. The van der Waals surface area contributed by atoms with Gasteiger partial charge in [-0.1, -0.05) is 0 Å². The zero-order chi connectivity index (χ0) is 15.5. The SMILES string of the molecule is O=C(NCc1ccco1)Nc1ccc2nc(C(F)F)[nH]c2c1. The molecule has 0 saturated heterocycles. The summed E-state index contributed by atoms with van der Waals surface area (Å²) in [6, 6.07) is 7.72. The minimum absolute atomic E-state index is 0.251. The summed E-state index contributed by atoms with van der Waals surface area (Å²) in [5.41, 5.74) is 1.31. The van der Waals surface area contributed by atoms with E-state index in [0.717, 1.165) is 0 Å². The number of halogens is 2. The number of aromatic nitrogens is 2. The van der Waals surface area contributed by atoms with Crippen LogP contribution in [0.5, 0.6) is 0 Å². The van der Waals surface area contributed by atoms with E-state index in [0.29, 0.717) is 22.5 Å². The number of aromatic amines is 1. The molecular formula is C14H12F2N4O2. The lowest BCUT2D eigenvalue weighted by Gasteiger charge is -2.06. The topological polar surface area (TPSA) is 82.9 Å². The maximum absolute atomic E-state index is 12.6. The highest BCUT2D eigenvalue weighted by atomic mass is 19.3. The Morgan fingerprint density at radius 1 is 1.36 bits per heavy atom. The number of urea groups is 1. The van der Waals surface area contributed by atoms with Crippen molar-refractivity contribution in [2.45, 2.75) is 13.0 Å². The zero-order valence-corrected chi connectivity index (χ0v) is 11.3. The Balaban J connectivity index is 1.66. The number of benzene rings is 1. The number of nitrogens with one attached hydrogen (secondary N) is 3. The lowest BCUT2D eigenvalue weighted by Crippen LogP contribution is -2.27. The zero-order valence-electron chi connectivity index (χ0n) is 11.3. The molecular weight excluding hydrogens is 294 g/mol. The van der Waals surface area contributed by atoms with Gasteiger partial charge in [-0.3, -0.25) is 0 Å². The number of amides is 2. The van der Waals surface area contributed by atoms with Crippen LogP contribution >= 0.6 is 0 Å². The number of nitrogens with zero attached hydrogens (tertiary/aromatic N) is 1. The fourth-order valence-electron chi connectivity index (χ4n) is 1.97. The highest BCUT2D eigenvalue weighted by molar-refractivity contribution is 5.91. The van der Waals surface area contributed by atoms with Crippen LogP contribution in [0.25, 0.3) is 11.0 Å². The van der Waals surface area contributed by atoms with Gasteiger partial charge < -0.3 is 20.0 Å². The number of imidazole rings is 1. The minimum atomic E-state index is -2.67. The van der Waals surface area contributed by atoms with Gasteiger partial charge in [0.15, 0.2) is 5.82 Å². The Hall–Kier alpha value is -2.90. The predicted octanol–water partition coefficient (Wildman–Crippen LogP) is 3.42. The Kier molecular flexibility index (Phi) is 3.73. The van der Waals surface area contributed by atoms with Crippen molar-refractivity contribution in [1.29, 1.82) is 0 Å². The fourth-order valence-corrected chi connectivity index (χ4v) is 1.97. The van der Waals surface area contributed by atoms with Crippen molar-refractivity contribution < 1.29 is 18.0 Å². The summed E-state index contributed by atoms with van der Waals surface area (Å²) in [7, 11) is 0. The number of hydrogen-bond acceptors (Lipinski definition) is 3. The smallest absolute Gasteiger partial charge is 0.319 e. The van der Waals surface area contributed by atoms with E-state index in [9.17, 15) is 13.6 Å². The molecule has 2 amide bonds. The molecule has 0 saturated carbocycles. The summed E-state index contributed by atoms with van der Waals surface area (Å²) in [5, 5.41) is 5.22. The second-order valence-electron chi connectivity index (χ2n) is 4.54. The molecule has 0 radical (unpaired) electrons. The lowest BCUT2D eigenvalue weighted by molar-refractivity contribution is 0.142. The van der Waals surface area contributed by atoms with E-state index in [1.165, 1.54) is 6.26 Å². The Labute approximate surface area is 123 Å². The Morgan fingerprint density at radius 2 is 2.23 bits per heavy atom. The fraction of sp³-hybridized carbons (Fsp3) is 0.143. The van der Waals surface area contributed by atoms with Crippen LogP contribution in [0.3, 0.4) is 0 Å². The van der Waals surface area contributed by atoms with Crippen molar-refractivity contribution in [1.82, 2.24) is 15.3 Å².